The van der Waals surface area contributed by atoms with Crippen molar-refractivity contribution in [2.24, 2.45) is 0 Å². The van der Waals surface area contributed by atoms with Gasteiger partial charge in [-0.25, -0.2) is 0 Å². The summed E-state index contributed by atoms with van der Waals surface area (Å²) in [5, 5.41) is 2.55. The van der Waals surface area contributed by atoms with Crippen LogP contribution in [0.4, 0.5) is 13.2 Å². The van der Waals surface area contributed by atoms with Crippen LogP contribution in [-0.4, -0.2) is 41.3 Å². The zero-order valence-corrected chi connectivity index (χ0v) is 9.70. The smallest absolute Gasteiger partial charge is 0.353 e. The normalized spacial score (nSPS) is 16.2. The molecule has 1 saturated heterocycles. The van der Waals surface area contributed by atoms with Crippen LogP contribution in [0.15, 0.2) is 18.3 Å². The quantitative estimate of drug-likeness (QED) is 0.818. The van der Waals surface area contributed by atoms with E-state index >= 15 is 0 Å². The molecule has 0 atom stereocenters. The first-order chi connectivity index (χ1) is 8.88. The fourth-order valence-corrected chi connectivity index (χ4v) is 1.68. The summed E-state index contributed by atoms with van der Waals surface area (Å²) in [6, 6.07) is 1.81. The minimum absolute atomic E-state index is 0.0303. The predicted octanol–water partition coefficient (Wildman–Crippen LogP) is 0.672. The minimum atomic E-state index is -4.54. The number of alkyl halides is 3. The van der Waals surface area contributed by atoms with Crippen molar-refractivity contribution in [1.29, 1.82) is 0 Å². The number of amides is 2. The average Bonchev–Trinajstić information content (AvgIpc) is 2.37. The SMILES string of the molecule is O=C1CN(C(=O)c2ccc(C(F)(F)F)nc2)CCN1. The van der Waals surface area contributed by atoms with Gasteiger partial charge in [0.1, 0.15) is 5.69 Å². The van der Waals surface area contributed by atoms with E-state index in [4.69, 9.17) is 0 Å². The summed E-state index contributed by atoms with van der Waals surface area (Å²) in [5.74, 6) is -0.796. The number of piperazine rings is 1. The van der Waals surface area contributed by atoms with Gasteiger partial charge in [0.05, 0.1) is 12.1 Å². The van der Waals surface area contributed by atoms with Crippen molar-refractivity contribution in [2.45, 2.75) is 6.18 Å². The molecule has 2 rings (SSSR count). The predicted molar refractivity (Wildman–Crippen MR) is 58.2 cm³/mol. The number of hydrogen-bond donors (Lipinski definition) is 1. The van der Waals surface area contributed by atoms with E-state index in [1.807, 2.05) is 0 Å². The molecule has 1 aliphatic rings. The van der Waals surface area contributed by atoms with Crippen molar-refractivity contribution in [1.82, 2.24) is 15.2 Å². The highest BCUT2D eigenvalue weighted by atomic mass is 19.4. The Morgan fingerprint density at radius 3 is 2.63 bits per heavy atom. The molecule has 0 radical (unpaired) electrons. The molecule has 0 aliphatic carbocycles. The summed E-state index contributed by atoms with van der Waals surface area (Å²) in [6.07, 6.45) is -3.66. The third-order valence-electron chi connectivity index (χ3n) is 2.63. The molecule has 102 valence electrons. The molecular weight excluding hydrogens is 263 g/mol. The largest absolute Gasteiger partial charge is 0.433 e. The number of carbonyl (C=O) groups is 2. The van der Waals surface area contributed by atoms with Gasteiger partial charge in [-0.05, 0) is 12.1 Å². The highest BCUT2D eigenvalue weighted by Gasteiger charge is 2.32. The topological polar surface area (TPSA) is 62.3 Å². The zero-order chi connectivity index (χ0) is 14.0. The van der Waals surface area contributed by atoms with Crippen LogP contribution >= 0.6 is 0 Å². The lowest BCUT2D eigenvalue weighted by molar-refractivity contribution is -0.141. The van der Waals surface area contributed by atoms with Crippen LogP contribution in [0.5, 0.6) is 0 Å². The van der Waals surface area contributed by atoms with Crippen LogP contribution in [0.3, 0.4) is 0 Å². The average molecular weight is 273 g/mol. The molecule has 5 nitrogen and oxygen atoms in total. The molecule has 2 amide bonds. The van der Waals surface area contributed by atoms with E-state index < -0.39 is 17.8 Å². The van der Waals surface area contributed by atoms with Gasteiger partial charge in [-0.2, -0.15) is 13.2 Å². The second-order valence-electron chi connectivity index (χ2n) is 4.01. The zero-order valence-electron chi connectivity index (χ0n) is 9.70. The number of hydrogen-bond acceptors (Lipinski definition) is 3. The van der Waals surface area contributed by atoms with Crippen LogP contribution in [-0.2, 0) is 11.0 Å². The first-order valence-electron chi connectivity index (χ1n) is 5.47. The molecule has 1 aromatic rings. The molecule has 0 saturated carbocycles. The fourth-order valence-electron chi connectivity index (χ4n) is 1.68. The maximum absolute atomic E-state index is 12.3. The van der Waals surface area contributed by atoms with E-state index in [0.29, 0.717) is 13.1 Å². The summed E-state index contributed by atoms with van der Waals surface area (Å²) < 4.78 is 36.9. The number of nitrogens with one attached hydrogen (secondary N) is 1. The Labute approximate surface area is 106 Å². The number of nitrogens with zero attached hydrogens (tertiary/aromatic N) is 2. The van der Waals surface area contributed by atoms with E-state index in [-0.39, 0.29) is 18.0 Å². The standard InChI is InChI=1S/C11H10F3N3O2/c12-11(13,14)8-2-1-7(5-16-8)10(19)17-4-3-15-9(18)6-17/h1-2,5H,3-4,6H2,(H,15,18). The molecular formula is C11H10F3N3O2. The van der Waals surface area contributed by atoms with Crippen LogP contribution in [0, 0.1) is 0 Å². The van der Waals surface area contributed by atoms with E-state index in [9.17, 15) is 22.8 Å². The van der Waals surface area contributed by atoms with Crippen molar-refractivity contribution in [3.8, 4) is 0 Å². The van der Waals surface area contributed by atoms with Crippen LogP contribution in [0.2, 0.25) is 0 Å². The van der Waals surface area contributed by atoms with Gasteiger partial charge in [0.15, 0.2) is 0 Å². The Balaban J connectivity index is 2.13. The van der Waals surface area contributed by atoms with Gasteiger partial charge in [0.25, 0.3) is 5.91 Å². The molecule has 19 heavy (non-hydrogen) atoms. The molecule has 1 aliphatic heterocycles. The number of pyridine rings is 1. The van der Waals surface area contributed by atoms with E-state index in [0.717, 1.165) is 18.3 Å². The lowest BCUT2D eigenvalue weighted by atomic mass is 10.2. The van der Waals surface area contributed by atoms with Crippen LogP contribution in [0.1, 0.15) is 16.1 Å². The third kappa shape index (κ3) is 3.01. The summed E-state index contributed by atoms with van der Waals surface area (Å²) in [7, 11) is 0. The van der Waals surface area contributed by atoms with E-state index in [1.54, 1.807) is 0 Å². The lowest BCUT2D eigenvalue weighted by Gasteiger charge is -2.26. The Bertz CT molecular complexity index is 499. The summed E-state index contributed by atoms with van der Waals surface area (Å²) >= 11 is 0. The maximum Gasteiger partial charge on any atom is 0.433 e. The fraction of sp³-hybridized carbons (Fsp3) is 0.364. The van der Waals surface area contributed by atoms with Crippen molar-refractivity contribution < 1.29 is 22.8 Å². The highest BCUT2D eigenvalue weighted by Crippen LogP contribution is 2.27. The third-order valence-corrected chi connectivity index (χ3v) is 2.63. The van der Waals surface area contributed by atoms with Crippen LogP contribution in [0.25, 0.3) is 0 Å². The molecule has 0 aromatic carbocycles. The van der Waals surface area contributed by atoms with Gasteiger partial charge in [0, 0.05) is 19.3 Å². The summed E-state index contributed by atoms with van der Waals surface area (Å²) in [4.78, 5) is 27.5. The number of rotatable bonds is 1. The van der Waals surface area contributed by atoms with Gasteiger partial charge >= 0.3 is 6.18 Å². The molecule has 0 unspecified atom stereocenters. The number of halogens is 3. The molecule has 0 bridgehead atoms. The number of carbonyl (C=O) groups excluding carboxylic acids is 2. The van der Waals surface area contributed by atoms with Gasteiger partial charge < -0.3 is 10.2 Å². The Morgan fingerprint density at radius 2 is 2.11 bits per heavy atom. The Morgan fingerprint density at radius 1 is 1.37 bits per heavy atom. The van der Waals surface area contributed by atoms with Gasteiger partial charge in [-0.3, -0.25) is 14.6 Å². The van der Waals surface area contributed by atoms with Gasteiger partial charge in [0.2, 0.25) is 5.91 Å². The highest BCUT2D eigenvalue weighted by molar-refractivity contribution is 5.96. The van der Waals surface area contributed by atoms with Gasteiger partial charge in [-0.1, -0.05) is 0 Å². The van der Waals surface area contributed by atoms with Crippen LogP contribution < -0.4 is 5.32 Å². The molecule has 8 heteroatoms. The van der Waals surface area contributed by atoms with Crippen molar-refractivity contribution in [3.63, 3.8) is 0 Å². The molecule has 0 spiro atoms. The summed E-state index contributed by atoms with van der Waals surface area (Å²) in [6.45, 7) is 0.560. The van der Waals surface area contributed by atoms with E-state index in [2.05, 4.69) is 10.3 Å². The van der Waals surface area contributed by atoms with Gasteiger partial charge in [-0.15, -0.1) is 0 Å². The van der Waals surface area contributed by atoms with E-state index in [1.165, 1.54) is 4.90 Å². The first kappa shape index (κ1) is 13.3. The summed E-state index contributed by atoms with van der Waals surface area (Å²) in [5.41, 5.74) is -1.02. The molecule has 1 fully saturated rings. The van der Waals surface area contributed by atoms with Crippen molar-refractivity contribution in [3.05, 3.63) is 29.6 Å². The lowest BCUT2D eigenvalue weighted by Crippen LogP contribution is -2.50. The molecule has 1 N–H and O–H groups in total. The maximum atomic E-state index is 12.3. The van der Waals surface area contributed by atoms with Crippen molar-refractivity contribution in [2.75, 3.05) is 19.6 Å². The second kappa shape index (κ2) is 4.87. The molecule has 2 heterocycles. The second-order valence-corrected chi connectivity index (χ2v) is 4.01. The first-order valence-corrected chi connectivity index (χ1v) is 5.47. The minimum Gasteiger partial charge on any atom is -0.353 e. The molecule has 1 aromatic heterocycles. The van der Waals surface area contributed by atoms with Crippen molar-refractivity contribution >= 4 is 11.8 Å². The Hall–Kier alpha value is -2.12. The Kier molecular flexibility index (Phi) is 3.41. The number of aromatic nitrogens is 1. The monoisotopic (exact) mass is 273 g/mol.